The van der Waals surface area contributed by atoms with Crippen LogP contribution in [0.2, 0.25) is 0 Å². The Labute approximate surface area is 122 Å². The van der Waals surface area contributed by atoms with Gasteiger partial charge >= 0.3 is 0 Å². The molecule has 0 saturated carbocycles. The Kier molecular flexibility index (Phi) is 6.99. The highest BCUT2D eigenvalue weighted by Gasteiger charge is 2.18. The van der Waals surface area contributed by atoms with Crippen LogP contribution < -0.4 is 0 Å². The zero-order valence-electron chi connectivity index (χ0n) is 12.8. The van der Waals surface area contributed by atoms with E-state index < -0.39 is 0 Å². The van der Waals surface area contributed by atoms with Crippen molar-refractivity contribution < 1.29 is 9.59 Å². The summed E-state index contributed by atoms with van der Waals surface area (Å²) in [4.78, 5) is 24.8. The summed E-state index contributed by atoms with van der Waals surface area (Å²) in [5, 5.41) is 0. The van der Waals surface area contributed by atoms with Gasteiger partial charge in [0.25, 0.3) is 0 Å². The molecule has 0 fully saturated rings. The zero-order valence-corrected chi connectivity index (χ0v) is 12.8. The lowest BCUT2D eigenvalue weighted by Crippen LogP contribution is -2.35. The molecule has 3 nitrogen and oxygen atoms in total. The maximum absolute atomic E-state index is 12.3. The van der Waals surface area contributed by atoms with Crippen LogP contribution in [0.25, 0.3) is 0 Å². The number of carbonyl (C=O) groups excluding carboxylic acids is 2. The molecule has 1 atom stereocenters. The summed E-state index contributed by atoms with van der Waals surface area (Å²) >= 11 is 0. The van der Waals surface area contributed by atoms with Crippen molar-refractivity contribution in [3.8, 4) is 0 Å². The van der Waals surface area contributed by atoms with Gasteiger partial charge in [0.05, 0.1) is 0 Å². The van der Waals surface area contributed by atoms with Gasteiger partial charge in [0.2, 0.25) is 5.91 Å². The lowest BCUT2D eigenvalue weighted by atomic mass is 9.99. The summed E-state index contributed by atoms with van der Waals surface area (Å²) in [5.41, 5.74) is 1.87. The molecule has 1 unspecified atom stereocenters. The standard InChI is InChI=1S/C17H25NO2/c1-4-12-18(5-2)17(20)14(3)6-7-15-8-10-16(13-19)11-9-15/h8-11,13-14H,4-7,12H2,1-3H3. The van der Waals surface area contributed by atoms with Gasteiger partial charge in [-0.1, -0.05) is 38.1 Å². The number of benzene rings is 1. The van der Waals surface area contributed by atoms with Gasteiger partial charge in [0, 0.05) is 24.6 Å². The van der Waals surface area contributed by atoms with Crippen LogP contribution in [-0.2, 0) is 11.2 Å². The summed E-state index contributed by atoms with van der Waals surface area (Å²) in [6, 6.07) is 7.57. The van der Waals surface area contributed by atoms with E-state index in [-0.39, 0.29) is 11.8 Å². The number of aldehydes is 1. The van der Waals surface area contributed by atoms with E-state index in [0.717, 1.165) is 38.6 Å². The van der Waals surface area contributed by atoms with Crippen molar-refractivity contribution in [2.75, 3.05) is 13.1 Å². The van der Waals surface area contributed by atoms with Gasteiger partial charge in [0.1, 0.15) is 6.29 Å². The third-order valence-electron chi connectivity index (χ3n) is 3.59. The van der Waals surface area contributed by atoms with E-state index >= 15 is 0 Å². The minimum absolute atomic E-state index is 0.0484. The molecule has 1 rings (SSSR count). The average molecular weight is 275 g/mol. The Morgan fingerprint density at radius 3 is 2.40 bits per heavy atom. The fourth-order valence-corrected chi connectivity index (χ4v) is 2.28. The lowest BCUT2D eigenvalue weighted by Gasteiger charge is -2.24. The molecule has 0 spiro atoms. The number of rotatable bonds is 8. The second kappa shape index (κ2) is 8.51. The highest BCUT2D eigenvalue weighted by molar-refractivity contribution is 5.78. The minimum Gasteiger partial charge on any atom is -0.343 e. The van der Waals surface area contributed by atoms with Crippen LogP contribution in [0.15, 0.2) is 24.3 Å². The number of amides is 1. The van der Waals surface area contributed by atoms with E-state index in [4.69, 9.17) is 0 Å². The normalized spacial score (nSPS) is 11.9. The van der Waals surface area contributed by atoms with Gasteiger partial charge < -0.3 is 4.90 Å². The molecule has 20 heavy (non-hydrogen) atoms. The third-order valence-corrected chi connectivity index (χ3v) is 3.59. The van der Waals surface area contributed by atoms with Crippen LogP contribution in [0.3, 0.4) is 0 Å². The SMILES string of the molecule is CCCN(CC)C(=O)C(C)CCc1ccc(C=O)cc1. The van der Waals surface area contributed by atoms with E-state index in [9.17, 15) is 9.59 Å². The van der Waals surface area contributed by atoms with E-state index in [1.54, 1.807) is 0 Å². The number of nitrogens with zero attached hydrogens (tertiary/aromatic N) is 1. The van der Waals surface area contributed by atoms with Gasteiger partial charge in [-0.25, -0.2) is 0 Å². The maximum atomic E-state index is 12.3. The van der Waals surface area contributed by atoms with Crippen LogP contribution in [0.1, 0.15) is 49.5 Å². The first kappa shape index (κ1) is 16.4. The van der Waals surface area contributed by atoms with Crippen LogP contribution in [0.5, 0.6) is 0 Å². The molecule has 0 saturated heterocycles. The fourth-order valence-electron chi connectivity index (χ4n) is 2.28. The molecule has 0 radical (unpaired) electrons. The van der Waals surface area contributed by atoms with Gasteiger partial charge in [-0.15, -0.1) is 0 Å². The van der Waals surface area contributed by atoms with E-state index in [2.05, 4.69) is 6.92 Å². The van der Waals surface area contributed by atoms with Crippen LogP contribution in [-0.4, -0.2) is 30.2 Å². The quantitative estimate of drug-likeness (QED) is 0.682. The molecule has 1 amide bonds. The summed E-state index contributed by atoms with van der Waals surface area (Å²) in [6.45, 7) is 7.74. The Morgan fingerprint density at radius 2 is 1.90 bits per heavy atom. The predicted molar refractivity (Wildman–Crippen MR) is 81.9 cm³/mol. The largest absolute Gasteiger partial charge is 0.343 e. The lowest BCUT2D eigenvalue weighted by molar-refractivity contribution is -0.135. The smallest absolute Gasteiger partial charge is 0.225 e. The molecule has 1 aromatic rings. The van der Waals surface area contributed by atoms with Crippen molar-refractivity contribution in [2.45, 2.75) is 40.0 Å². The van der Waals surface area contributed by atoms with Crippen molar-refractivity contribution >= 4 is 12.2 Å². The zero-order chi connectivity index (χ0) is 15.0. The number of aryl methyl sites for hydroxylation is 1. The van der Waals surface area contributed by atoms with Crippen molar-refractivity contribution in [3.05, 3.63) is 35.4 Å². The second-order valence-corrected chi connectivity index (χ2v) is 5.22. The molecule has 0 N–H and O–H groups in total. The molecular weight excluding hydrogens is 250 g/mol. The maximum Gasteiger partial charge on any atom is 0.225 e. The second-order valence-electron chi connectivity index (χ2n) is 5.22. The van der Waals surface area contributed by atoms with Crippen LogP contribution >= 0.6 is 0 Å². The molecule has 0 bridgehead atoms. The van der Waals surface area contributed by atoms with Gasteiger partial charge in [0.15, 0.2) is 0 Å². The number of carbonyl (C=O) groups is 2. The number of hydrogen-bond acceptors (Lipinski definition) is 2. The highest BCUT2D eigenvalue weighted by Crippen LogP contribution is 2.13. The molecule has 0 aromatic heterocycles. The summed E-state index contributed by atoms with van der Waals surface area (Å²) in [5.74, 6) is 0.297. The molecule has 3 heteroatoms. The first-order valence-electron chi connectivity index (χ1n) is 7.45. The summed E-state index contributed by atoms with van der Waals surface area (Å²) in [7, 11) is 0. The van der Waals surface area contributed by atoms with E-state index in [0.29, 0.717) is 5.56 Å². The third kappa shape index (κ3) is 4.80. The molecule has 0 aliphatic carbocycles. The Morgan fingerprint density at radius 1 is 1.25 bits per heavy atom. The van der Waals surface area contributed by atoms with Gasteiger partial charge in [-0.3, -0.25) is 9.59 Å². The Hall–Kier alpha value is -1.64. The van der Waals surface area contributed by atoms with Crippen LogP contribution in [0, 0.1) is 5.92 Å². The Balaban J connectivity index is 2.50. The predicted octanol–water partition coefficient (Wildman–Crippen LogP) is 3.33. The topological polar surface area (TPSA) is 37.4 Å². The van der Waals surface area contributed by atoms with Crippen LogP contribution in [0.4, 0.5) is 0 Å². The summed E-state index contributed by atoms with van der Waals surface area (Å²) in [6.07, 6.45) is 3.56. The van der Waals surface area contributed by atoms with Gasteiger partial charge in [-0.2, -0.15) is 0 Å². The Bertz CT molecular complexity index is 425. The molecular formula is C17H25NO2. The molecule has 0 aliphatic rings. The first-order valence-corrected chi connectivity index (χ1v) is 7.45. The minimum atomic E-state index is 0.0484. The molecule has 0 aliphatic heterocycles. The first-order chi connectivity index (χ1) is 9.62. The molecule has 110 valence electrons. The van der Waals surface area contributed by atoms with Crippen molar-refractivity contribution in [2.24, 2.45) is 5.92 Å². The molecule has 1 aromatic carbocycles. The van der Waals surface area contributed by atoms with Crippen molar-refractivity contribution in [1.29, 1.82) is 0 Å². The number of hydrogen-bond donors (Lipinski definition) is 0. The van der Waals surface area contributed by atoms with Crippen molar-refractivity contribution in [3.63, 3.8) is 0 Å². The van der Waals surface area contributed by atoms with E-state index in [1.165, 1.54) is 5.56 Å². The monoisotopic (exact) mass is 275 g/mol. The average Bonchev–Trinajstić information content (AvgIpc) is 2.50. The van der Waals surface area contributed by atoms with Gasteiger partial charge in [-0.05, 0) is 31.7 Å². The van der Waals surface area contributed by atoms with Crippen molar-refractivity contribution in [1.82, 2.24) is 4.90 Å². The van der Waals surface area contributed by atoms with E-state index in [1.807, 2.05) is 43.0 Å². The summed E-state index contributed by atoms with van der Waals surface area (Å²) < 4.78 is 0. The highest BCUT2D eigenvalue weighted by atomic mass is 16.2. The fraction of sp³-hybridized carbons (Fsp3) is 0.529. The molecule has 0 heterocycles.